The van der Waals surface area contributed by atoms with Crippen LogP contribution in [-0.2, 0) is 24.3 Å². The first-order chi connectivity index (χ1) is 15.2. The maximum Gasteiger partial charge on any atom is 0.226 e. The summed E-state index contributed by atoms with van der Waals surface area (Å²) in [7, 11) is 0. The van der Waals surface area contributed by atoms with Crippen molar-refractivity contribution in [2.75, 3.05) is 32.7 Å². The van der Waals surface area contributed by atoms with Crippen LogP contribution >= 0.6 is 11.3 Å². The number of pyridine rings is 1. The molecule has 1 fully saturated rings. The SMILES string of the molecule is CCN1CCN(Cc2ccc(CNC(=O)Cc3csc(-c4cccnc4)n3)cc2)CC1. The number of piperazine rings is 1. The molecule has 0 atom stereocenters. The van der Waals surface area contributed by atoms with Crippen molar-refractivity contribution >= 4 is 17.2 Å². The highest BCUT2D eigenvalue weighted by Gasteiger charge is 2.15. The molecule has 6 nitrogen and oxygen atoms in total. The molecule has 4 rings (SSSR count). The van der Waals surface area contributed by atoms with E-state index in [0.717, 1.165) is 61.1 Å². The third-order valence-corrected chi connectivity index (χ3v) is 6.57. The van der Waals surface area contributed by atoms with Gasteiger partial charge in [-0.15, -0.1) is 11.3 Å². The summed E-state index contributed by atoms with van der Waals surface area (Å²) in [5, 5.41) is 5.84. The number of thiazole rings is 1. The molecule has 3 aromatic rings. The molecule has 0 aliphatic carbocycles. The van der Waals surface area contributed by atoms with Gasteiger partial charge in [-0.25, -0.2) is 4.98 Å². The van der Waals surface area contributed by atoms with E-state index < -0.39 is 0 Å². The van der Waals surface area contributed by atoms with Crippen molar-refractivity contribution in [2.24, 2.45) is 0 Å². The van der Waals surface area contributed by atoms with E-state index in [4.69, 9.17) is 0 Å². The van der Waals surface area contributed by atoms with Gasteiger partial charge in [-0.2, -0.15) is 0 Å². The average molecular weight is 436 g/mol. The van der Waals surface area contributed by atoms with Crippen LogP contribution in [-0.4, -0.2) is 58.4 Å². The largest absolute Gasteiger partial charge is 0.352 e. The van der Waals surface area contributed by atoms with Crippen molar-refractivity contribution in [3.63, 3.8) is 0 Å². The molecule has 2 aromatic heterocycles. The molecular formula is C24H29N5OS. The van der Waals surface area contributed by atoms with Crippen molar-refractivity contribution < 1.29 is 4.79 Å². The number of nitrogens with zero attached hydrogens (tertiary/aromatic N) is 4. The fourth-order valence-corrected chi connectivity index (χ4v) is 4.53. The van der Waals surface area contributed by atoms with Crippen LogP contribution in [0.5, 0.6) is 0 Å². The van der Waals surface area contributed by atoms with Gasteiger partial charge in [-0.05, 0) is 29.8 Å². The third kappa shape index (κ3) is 6.19. The molecule has 1 aliphatic heterocycles. The predicted molar refractivity (Wildman–Crippen MR) is 125 cm³/mol. The summed E-state index contributed by atoms with van der Waals surface area (Å²) in [4.78, 5) is 26.0. The summed E-state index contributed by atoms with van der Waals surface area (Å²) in [6.45, 7) is 9.47. The van der Waals surface area contributed by atoms with Gasteiger partial charge in [0.1, 0.15) is 5.01 Å². The molecule has 3 heterocycles. The molecule has 1 aliphatic rings. The van der Waals surface area contributed by atoms with Gasteiger partial charge in [0.15, 0.2) is 0 Å². The molecule has 1 saturated heterocycles. The van der Waals surface area contributed by atoms with Gasteiger partial charge in [0, 0.05) is 62.6 Å². The van der Waals surface area contributed by atoms with Crippen molar-refractivity contribution in [3.05, 3.63) is 71.0 Å². The molecule has 7 heteroatoms. The lowest BCUT2D eigenvalue weighted by molar-refractivity contribution is -0.120. The molecule has 0 bridgehead atoms. The van der Waals surface area contributed by atoms with E-state index in [1.165, 1.54) is 16.9 Å². The van der Waals surface area contributed by atoms with E-state index in [1.807, 2.05) is 17.5 Å². The monoisotopic (exact) mass is 435 g/mol. The Morgan fingerprint density at radius 1 is 1.06 bits per heavy atom. The van der Waals surface area contributed by atoms with Crippen LogP contribution < -0.4 is 5.32 Å². The van der Waals surface area contributed by atoms with Gasteiger partial charge in [0.25, 0.3) is 0 Å². The number of nitrogens with one attached hydrogen (secondary N) is 1. The summed E-state index contributed by atoms with van der Waals surface area (Å²) in [6.07, 6.45) is 3.82. The van der Waals surface area contributed by atoms with E-state index >= 15 is 0 Å². The first kappa shape index (κ1) is 21.6. The number of hydrogen-bond acceptors (Lipinski definition) is 6. The van der Waals surface area contributed by atoms with E-state index in [9.17, 15) is 4.79 Å². The lowest BCUT2D eigenvalue weighted by Crippen LogP contribution is -2.45. The van der Waals surface area contributed by atoms with E-state index in [2.05, 4.69) is 56.3 Å². The van der Waals surface area contributed by atoms with Gasteiger partial charge in [-0.3, -0.25) is 14.7 Å². The number of carbonyl (C=O) groups is 1. The summed E-state index contributed by atoms with van der Waals surface area (Å²) < 4.78 is 0. The standard InChI is InChI=1S/C24H29N5OS/c1-2-28-10-12-29(13-11-28)17-20-7-5-19(6-8-20)15-26-23(30)14-22-18-31-24(27-22)21-4-3-9-25-16-21/h3-9,16,18H,2,10-15,17H2,1H3,(H,26,30). The van der Waals surface area contributed by atoms with E-state index in [-0.39, 0.29) is 5.91 Å². The lowest BCUT2D eigenvalue weighted by Gasteiger charge is -2.34. The fraction of sp³-hybridized carbons (Fsp3) is 0.375. The zero-order chi connectivity index (χ0) is 21.5. The minimum atomic E-state index is -0.0130. The van der Waals surface area contributed by atoms with Gasteiger partial charge in [0.05, 0.1) is 12.1 Å². The van der Waals surface area contributed by atoms with E-state index in [0.29, 0.717) is 13.0 Å². The molecule has 1 amide bonds. The fourth-order valence-electron chi connectivity index (χ4n) is 3.72. The molecule has 0 spiro atoms. The third-order valence-electron chi connectivity index (χ3n) is 5.63. The quantitative estimate of drug-likeness (QED) is 0.589. The molecule has 0 saturated carbocycles. The van der Waals surface area contributed by atoms with Gasteiger partial charge < -0.3 is 10.2 Å². The molecule has 0 unspecified atom stereocenters. The zero-order valence-electron chi connectivity index (χ0n) is 18.0. The normalized spacial score (nSPS) is 15.1. The van der Waals surface area contributed by atoms with Crippen LogP contribution in [0, 0.1) is 0 Å². The maximum atomic E-state index is 12.3. The number of carbonyl (C=O) groups excluding carboxylic acids is 1. The second kappa shape index (κ2) is 10.6. The highest BCUT2D eigenvalue weighted by Crippen LogP contribution is 2.22. The van der Waals surface area contributed by atoms with Crippen molar-refractivity contribution in [2.45, 2.75) is 26.4 Å². The highest BCUT2D eigenvalue weighted by atomic mass is 32.1. The Bertz CT molecular complexity index is 965. The Kier molecular flexibility index (Phi) is 7.40. The molecular weight excluding hydrogens is 406 g/mol. The first-order valence-electron chi connectivity index (χ1n) is 10.8. The molecule has 1 N–H and O–H groups in total. The van der Waals surface area contributed by atoms with Gasteiger partial charge >= 0.3 is 0 Å². The first-order valence-corrected chi connectivity index (χ1v) is 11.7. The molecule has 0 radical (unpaired) electrons. The Morgan fingerprint density at radius 2 is 1.81 bits per heavy atom. The lowest BCUT2D eigenvalue weighted by atomic mass is 10.1. The Labute approximate surface area is 187 Å². The number of amides is 1. The zero-order valence-corrected chi connectivity index (χ0v) is 18.8. The topological polar surface area (TPSA) is 61.4 Å². The minimum Gasteiger partial charge on any atom is -0.352 e. The molecule has 31 heavy (non-hydrogen) atoms. The molecule has 1 aromatic carbocycles. The van der Waals surface area contributed by atoms with Crippen LogP contribution in [0.25, 0.3) is 10.6 Å². The number of hydrogen-bond donors (Lipinski definition) is 1. The Balaban J connectivity index is 1.22. The van der Waals surface area contributed by atoms with Gasteiger partial charge in [0.2, 0.25) is 5.91 Å². The average Bonchev–Trinajstić information content (AvgIpc) is 3.28. The summed E-state index contributed by atoms with van der Waals surface area (Å²) in [5.74, 6) is -0.0130. The Morgan fingerprint density at radius 3 is 2.52 bits per heavy atom. The maximum absolute atomic E-state index is 12.3. The van der Waals surface area contributed by atoms with Crippen molar-refractivity contribution in [3.8, 4) is 10.6 Å². The van der Waals surface area contributed by atoms with Gasteiger partial charge in [-0.1, -0.05) is 31.2 Å². The molecule has 162 valence electrons. The number of benzene rings is 1. The van der Waals surface area contributed by atoms with Crippen LogP contribution in [0.3, 0.4) is 0 Å². The minimum absolute atomic E-state index is 0.0130. The number of rotatable bonds is 8. The predicted octanol–water partition coefficient (Wildman–Crippen LogP) is 3.20. The summed E-state index contributed by atoms with van der Waals surface area (Å²) >= 11 is 1.54. The van der Waals surface area contributed by atoms with Crippen molar-refractivity contribution in [1.82, 2.24) is 25.1 Å². The van der Waals surface area contributed by atoms with Crippen LogP contribution in [0.1, 0.15) is 23.7 Å². The van der Waals surface area contributed by atoms with Crippen LogP contribution in [0.2, 0.25) is 0 Å². The smallest absolute Gasteiger partial charge is 0.226 e. The highest BCUT2D eigenvalue weighted by molar-refractivity contribution is 7.13. The second-order valence-corrected chi connectivity index (χ2v) is 8.72. The number of likely N-dealkylation sites (N-methyl/N-ethyl adjacent to an activating group) is 1. The second-order valence-electron chi connectivity index (χ2n) is 7.87. The van der Waals surface area contributed by atoms with Crippen LogP contribution in [0.15, 0.2) is 54.2 Å². The number of aromatic nitrogens is 2. The van der Waals surface area contributed by atoms with E-state index in [1.54, 1.807) is 12.4 Å². The van der Waals surface area contributed by atoms with Crippen molar-refractivity contribution in [1.29, 1.82) is 0 Å². The van der Waals surface area contributed by atoms with Crippen LogP contribution in [0.4, 0.5) is 0 Å². The summed E-state index contributed by atoms with van der Waals surface area (Å²) in [5.41, 5.74) is 4.21. The summed E-state index contributed by atoms with van der Waals surface area (Å²) in [6, 6.07) is 12.4. The Hall–Kier alpha value is -2.61.